The van der Waals surface area contributed by atoms with Crippen molar-refractivity contribution in [1.82, 2.24) is 5.23 Å². The monoisotopic (exact) mass is 250 g/mol. The Kier molecular flexibility index (Phi) is 2.77. The van der Waals surface area contributed by atoms with Crippen molar-refractivity contribution < 1.29 is 14.6 Å². The molecule has 0 spiro atoms. The normalized spacial score (nSPS) is 32.1. The van der Waals surface area contributed by atoms with Crippen LogP contribution in [0.25, 0.3) is 0 Å². The molecule has 2 saturated heterocycles. The van der Waals surface area contributed by atoms with Gasteiger partial charge in [-0.1, -0.05) is 30.3 Å². The van der Waals surface area contributed by atoms with Crippen molar-refractivity contribution in [2.45, 2.75) is 31.0 Å². The highest BCUT2D eigenvalue weighted by Gasteiger charge is 2.60. The van der Waals surface area contributed by atoms with E-state index in [0.29, 0.717) is 25.9 Å². The Hall–Kier alpha value is -1.50. The van der Waals surface area contributed by atoms with Gasteiger partial charge in [0.2, 0.25) is 0 Å². The summed E-state index contributed by atoms with van der Waals surface area (Å²) in [6.45, 7) is 0.469. The summed E-state index contributed by atoms with van der Waals surface area (Å²) in [4.78, 5) is 21.9. The third kappa shape index (κ3) is 1.69. The molecule has 2 fully saturated rings. The Morgan fingerprint density at radius 2 is 2.17 bits per heavy atom. The number of hydrogen-bond acceptors (Lipinski definition) is 5. The van der Waals surface area contributed by atoms with Crippen LogP contribution < -0.4 is 0 Å². The first-order chi connectivity index (χ1) is 8.72. The molecule has 0 N–H and O–H groups in total. The maximum absolute atomic E-state index is 11.3. The molecular formula is C12H14N2O4. The number of rotatable bonds is 2. The van der Waals surface area contributed by atoms with Gasteiger partial charge in [-0.25, -0.2) is 0 Å². The summed E-state index contributed by atoms with van der Waals surface area (Å²) in [5.74, 6) is 0. The van der Waals surface area contributed by atoms with Gasteiger partial charge < -0.3 is 0 Å². The average Bonchev–Trinajstić information content (AvgIpc) is 2.80. The van der Waals surface area contributed by atoms with E-state index in [9.17, 15) is 10.1 Å². The summed E-state index contributed by atoms with van der Waals surface area (Å²) >= 11 is 0. The first kappa shape index (κ1) is 11.6. The van der Waals surface area contributed by atoms with Crippen molar-refractivity contribution in [3.8, 4) is 0 Å². The Morgan fingerprint density at radius 1 is 1.39 bits per heavy atom. The molecule has 2 aliphatic rings. The van der Waals surface area contributed by atoms with Crippen LogP contribution >= 0.6 is 0 Å². The van der Waals surface area contributed by atoms with Crippen molar-refractivity contribution in [1.29, 1.82) is 0 Å². The molecular weight excluding hydrogens is 236 g/mol. The highest BCUT2D eigenvalue weighted by atomic mass is 17.0. The van der Waals surface area contributed by atoms with Crippen LogP contribution in [-0.4, -0.2) is 22.4 Å². The second-order valence-corrected chi connectivity index (χ2v) is 4.64. The number of benzene rings is 1. The fourth-order valence-corrected chi connectivity index (χ4v) is 2.55. The average molecular weight is 250 g/mol. The molecule has 1 aromatic carbocycles. The van der Waals surface area contributed by atoms with Crippen LogP contribution in [-0.2, 0) is 9.68 Å². The lowest BCUT2D eigenvalue weighted by atomic mass is 9.95. The Bertz CT molecular complexity index is 453. The molecule has 2 atom stereocenters. The minimum absolute atomic E-state index is 0.283. The molecule has 0 aliphatic carbocycles. The topological polar surface area (TPSA) is 64.8 Å². The number of hydroxylamine groups is 2. The molecule has 96 valence electrons. The van der Waals surface area contributed by atoms with Gasteiger partial charge in [0, 0.05) is 16.6 Å². The number of fused-ring (bicyclic) bond motifs is 1. The highest BCUT2D eigenvalue weighted by Crippen LogP contribution is 2.45. The second-order valence-electron chi connectivity index (χ2n) is 4.64. The van der Waals surface area contributed by atoms with E-state index in [2.05, 4.69) is 0 Å². The SMILES string of the molecule is O=[N+]([O-])[C@]12CCCON1O[C@H](c1ccccc1)C2. The lowest BCUT2D eigenvalue weighted by molar-refractivity contribution is -0.656. The third-order valence-electron chi connectivity index (χ3n) is 3.52. The van der Waals surface area contributed by atoms with E-state index in [1.807, 2.05) is 30.3 Å². The lowest BCUT2D eigenvalue weighted by Gasteiger charge is -2.30. The van der Waals surface area contributed by atoms with E-state index in [1.165, 1.54) is 0 Å². The summed E-state index contributed by atoms with van der Waals surface area (Å²) in [7, 11) is 0. The maximum atomic E-state index is 11.3. The van der Waals surface area contributed by atoms with Gasteiger partial charge in [-0.2, -0.15) is 0 Å². The Morgan fingerprint density at radius 3 is 2.83 bits per heavy atom. The Labute approximate surface area is 104 Å². The van der Waals surface area contributed by atoms with Crippen LogP contribution in [0.2, 0.25) is 0 Å². The molecule has 1 aromatic rings. The molecule has 0 unspecified atom stereocenters. The van der Waals surface area contributed by atoms with Gasteiger partial charge in [0.15, 0.2) is 0 Å². The lowest BCUT2D eigenvalue weighted by Crippen LogP contribution is -2.52. The molecule has 0 amide bonds. The molecule has 2 heterocycles. The molecule has 3 rings (SSSR count). The minimum Gasteiger partial charge on any atom is -0.268 e. The van der Waals surface area contributed by atoms with Crippen LogP contribution in [0, 0.1) is 10.1 Å². The van der Waals surface area contributed by atoms with Crippen molar-refractivity contribution in [3.05, 3.63) is 46.0 Å². The Balaban J connectivity index is 1.89. The summed E-state index contributed by atoms with van der Waals surface area (Å²) in [5.41, 5.74) is -0.282. The van der Waals surface area contributed by atoms with E-state index in [0.717, 1.165) is 10.8 Å². The van der Waals surface area contributed by atoms with E-state index >= 15 is 0 Å². The molecule has 0 aromatic heterocycles. The largest absolute Gasteiger partial charge is 0.324 e. The first-order valence-electron chi connectivity index (χ1n) is 6.02. The summed E-state index contributed by atoms with van der Waals surface area (Å²) in [5, 5.41) is 12.4. The van der Waals surface area contributed by atoms with E-state index in [4.69, 9.17) is 9.68 Å². The van der Waals surface area contributed by atoms with Crippen molar-refractivity contribution in [2.75, 3.05) is 6.61 Å². The standard InChI is InChI=1S/C12H14N2O4/c15-13(16)12-7-4-8-17-14(12)18-11(9-12)10-5-2-1-3-6-10/h1-3,5-6,11H,4,7-9H2/t11-,12+/m0/s1. The summed E-state index contributed by atoms with van der Waals surface area (Å²) in [6.07, 6.45) is 1.16. The van der Waals surface area contributed by atoms with Crippen LogP contribution in [0.3, 0.4) is 0 Å². The zero-order valence-electron chi connectivity index (χ0n) is 9.82. The fourth-order valence-electron chi connectivity index (χ4n) is 2.55. The first-order valence-corrected chi connectivity index (χ1v) is 6.02. The van der Waals surface area contributed by atoms with Gasteiger partial charge in [0.05, 0.1) is 13.0 Å². The summed E-state index contributed by atoms with van der Waals surface area (Å²) < 4.78 is 0. The quantitative estimate of drug-likeness (QED) is 0.593. The zero-order valence-corrected chi connectivity index (χ0v) is 9.82. The van der Waals surface area contributed by atoms with Gasteiger partial charge in [-0.3, -0.25) is 19.8 Å². The van der Waals surface area contributed by atoms with E-state index < -0.39 is 5.66 Å². The third-order valence-corrected chi connectivity index (χ3v) is 3.52. The van der Waals surface area contributed by atoms with Gasteiger partial charge in [-0.15, -0.1) is 0 Å². The molecule has 6 heteroatoms. The smallest absolute Gasteiger partial charge is 0.268 e. The van der Waals surface area contributed by atoms with Crippen LogP contribution in [0.1, 0.15) is 30.9 Å². The molecule has 0 radical (unpaired) electrons. The van der Waals surface area contributed by atoms with Gasteiger partial charge in [-0.05, 0) is 12.0 Å². The minimum atomic E-state index is -1.22. The van der Waals surface area contributed by atoms with Crippen LogP contribution in [0.4, 0.5) is 0 Å². The fraction of sp³-hybridized carbons (Fsp3) is 0.500. The van der Waals surface area contributed by atoms with Crippen molar-refractivity contribution >= 4 is 0 Å². The van der Waals surface area contributed by atoms with Crippen molar-refractivity contribution in [3.63, 3.8) is 0 Å². The highest BCUT2D eigenvalue weighted by molar-refractivity contribution is 5.18. The molecule has 6 nitrogen and oxygen atoms in total. The van der Waals surface area contributed by atoms with Gasteiger partial charge in [0.25, 0.3) is 0 Å². The molecule has 0 saturated carbocycles. The predicted molar refractivity (Wildman–Crippen MR) is 61.6 cm³/mol. The maximum Gasteiger partial charge on any atom is 0.324 e. The van der Waals surface area contributed by atoms with Crippen LogP contribution in [0.15, 0.2) is 30.3 Å². The zero-order chi connectivity index (χ0) is 12.6. The summed E-state index contributed by atoms with van der Waals surface area (Å²) in [6, 6.07) is 9.53. The predicted octanol–water partition coefficient (Wildman–Crippen LogP) is 2.06. The number of nitro groups is 1. The van der Waals surface area contributed by atoms with E-state index in [-0.39, 0.29) is 11.0 Å². The van der Waals surface area contributed by atoms with Crippen LogP contribution in [0.5, 0.6) is 0 Å². The van der Waals surface area contributed by atoms with Gasteiger partial charge in [0.1, 0.15) is 6.10 Å². The molecule has 0 bridgehead atoms. The number of nitrogens with zero attached hydrogens (tertiary/aromatic N) is 2. The number of hydrogen-bond donors (Lipinski definition) is 0. The van der Waals surface area contributed by atoms with Gasteiger partial charge >= 0.3 is 5.66 Å². The van der Waals surface area contributed by atoms with E-state index in [1.54, 1.807) is 0 Å². The van der Waals surface area contributed by atoms with Crippen molar-refractivity contribution in [2.24, 2.45) is 0 Å². The molecule has 2 aliphatic heterocycles. The molecule has 18 heavy (non-hydrogen) atoms. The second kappa shape index (κ2) is 4.31.